The van der Waals surface area contributed by atoms with E-state index in [1.807, 2.05) is 37.3 Å². The number of nitrogens with one attached hydrogen (secondary N) is 2. The molecule has 1 amide bonds. The van der Waals surface area contributed by atoms with E-state index in [-0.39, 0.29) is 11.0 Å². The molecule has 29 heavy (non-hydrogen) atoms. The Hall–Kier alpha value is -2.64. The van der Waals surface area contributed by atoms with Crippen molar-refractivity contribution in [3.63, 3.8) is 0 Å². The van der Waals surface area contributed by atoms with Gasteiger partial charge in [-0.05, 0) is 49.3 Å². The SMILES string of the molecule is CCOCCOc1ccccc1C(=O)NC(=S)Nc1cccc(OCC(C)C)c1. The third-order valence-corrected chi connectivity index (χ3v) is 3.93. The zero-order chi connectivity index (χ0) is 21.1. The van der Waals surface area contributed by atoms with E-state index in [0.717, 1.165) is 11.4 Å². The molecule has 0 aliphatic carbocycles. The third-order valence-electron chi connectivity index (χ3n) is 3.72. The first-order valence-corrected chi connectivity index (χ1v) is 10.0. The molecular formula is C22H28N2O4S. The monoisotopic (exact) mass is 416 g/mol. The normalized spacial score (nSPS) is 10.5. The van der Waals surface area contributed by atoms with Crippen molar-refractivity contribution >= 4 is 28.9 Å². The van der Waals surface area contributed by atoms with Crippen LogP contribution in [0, 0.1) is 5.92 Å². The summed E-state index contributed by atoms with van der Waals surface area (Å²) >= 11 is 5.28. The number of rotatable bonds is 10. The molecule has 2 N–H and O–H groups in total. The molecule has 0 saturated heterocycles. The van der Waals surface area contributed by atoms with Crippen LogP contribution in [0.1, 0.15) is 31.1 Å². The van der Waals surface area contributed by atoms with Crippen molar-refractivity contribution in [3.05, 3.63) is 54.1 Å². The lowest BCUT2D eigenvalue weighted by Gasteiger charge is -2.14. The van der Waals surface area contributed by atoms with Crippen molar-refractivity contribution in [2.75, 3.05) is 31.7 Å². The molecule has 0 aliphatic heterocycles. The second-order valence-corrected chi connectivity index (χ2v) is 7.09. The number of hydrogen-bond donors (Lipinski definition) is 2. The maximum atomic E-state index is 12.6. The summed E-state index contributed by atoms with van der Waals surface area (Å²) < 4.78 is 16.6. The molecule has 0 radical (unpaired) electrons. The average molecular weight is 417 g/mol. The Kier molecular flexibility index (Phi) is 9.40. The van der Waals surface area contributed by atoms with Gasteiger partial charge in [-0.1, -0.05) is 32.0 Å². The smallest absolute Gasteiger partial charge is 0.261 e. The number of hydrogen-bond acceptors (Lipinski definition) is 5. The van der Waals surface area contributed by atoms with E-state index in [1.165, 1.54) is 0 Å². The Labute approximate surface area is 177 Å². The maximum absolute atomic E-state index is 12.6. The van der Waals surface area contributed by atoms with Crippen molar-refractivity contribution in [1.82, 2.24) is 5.32 Å². The van der Waals surface area contributed by atoms with Crippen LogP contribution in [0.4, 0.5) is 5.69 Å². The molecule has 0 atom stereocenters. The second-order valence-electron chi connectivity index (χ2n) is 6.68. The molecule has 0 fully saturated rings. The zero-order valence-electron chi connectivity index (χ0n) is 17.1. The second kappa shape index (κ2) is 12.0. The predicted molar refractivity (Wildman–Crippen MR) is 119 cm³/mol. The molecule has 0 bridgehead atoms. The van der Waals surface area contributed by atoms with Crippen molar-refractivity contribution in [1.29, 1.82) is 0 Å². The molecule has 0 heterocycles. The lowest BCUT2D eigenvalue weighted by Crippen LogP contribution is -2.34. The van der Waals surface area contributed by atoms with Crippen LogP contribution in [0.3, 0.4) is 0 Å². The van der Waals surface area contributed by atoms with Gasteiger partial charge in [-0.15, -0.1) is 0 Å². The van der Waals surface area contributed by atoms with Gasteiger partial charge in [-0.3, -0.25) is 10.1 Å². The Balaban J connectivity index is 1.94. The van der Waals surface area contributed by atoms with Gasteiger partial charge in [0.05, 0.1) is 18.8 Å². The van der Waals surface area contributed by atoms with Crippen LogP contribution in [0.2, 0.25) is 0 Å². The van der Waals surface area contributed by atoms with Gasteiger partial charge in [0, 0.05) is 18.4 Å². The van der Waals surface area contributed by atoms with Gasteiger partial charge in [0.15, 0.2) is 5.11 Å². The number of carbonyl (C=O) groups excluding carboxylic acids is 1. The number of anilines is 1. The van der Waals surface area contributed by atoms with Gasteiger partial charge in [-0.25, -0.2) is 0 Å². The summed E-state index contributed by atoms with van der Waals surface area (Å²) in [6.07, 6.45) is 0. The van der Waals surface area contributed by atoms with E-state index in [0.29, 0.717) is 43.7 Å². The highest BCUT2D eigenvalue weighted by Gasteiger charge is 2.14. The minimum Gasteiger partial charge on any atom is -0.493 e. The minimum atomic E-state index is -0.346. The summed E-state index contributed by atoms with van der Waals surface area (Å²) in [5.74, 6) is 1.31. The van der Waals surface area contributed by atoms with Gasteiger partial charge < -0.3 is 19.5 Å². The van der Waals surface area contributed by atoms with Crippen LogP contribution in [0.5, 0.6) is 11.5 Å². The van der Waals surface area contributed by atoms with Crippen molar-refractivity contribution < 1.29 is 19.0 Å². The van der Waals surface area contributed by atoms with Crippen molar-refractivity contribution in [3.8, 4) is 11.5 Å². The highest BCUT2D eigenvalue weighted by molar-refractivity contribution is 7.80. The van der Waals surface area contributed by atoms with Crippen LogP contribution in [-0.2, 0) is 4.74 Å². The van der Waals surface area contributed by atoms with Gasteiger partial charge in [0.2, 0.25) is 0 Å². The molecular weight excluding hydrogens is 388 g/mol. The minimum absolute atomic E-state index is 0.195. The fourth-order valence-corrected chi connectivity index (χ4v) is 2.60. The first kappa shape index (κ1) is 22.6. The molecule has 2 rings (SSSR count). The molecule has 2 aromatic rings. The summed E-state index contributed by atoms with van der Waals surface area (Å²) in [7, 11) is 0. The lowest BCUT2D eigenvalue weighted by atomic mass is 10.2. The fraction of sp³-hybridized carbons (Fsp3) is 0.364. The van der Waals surface area contributed by atoms with E-state index < -0.39 is 0 Å². The van der Waals surface area contributed by atoms with Crippen molar-refractivity contribution in [2.24, 2.45) is 5.92 Å². The van der Waals surface area contributed by atoms with E-state index in [9.17, 15) is 4.79 Å². The van der Waals surface area contributed by atoms with E-state index in [2.05, 4.69) is 24.5 Å². The highest BCUT2D eigenvalue weighted by atomic mass is 32.1. The largest absolute Gasteiger partial charge is 0.493 e. The maximum Gasteiger partial charge on any atom is 0.261 e. The molecule has 156 valence electrons. The van der Waals surface area contributed by atoms with Crippen LogP contribution in [0.15, 0.2) is 48.5 Å². The number of amides is 1. The zero-order valence-corrected chi connectivity index (χ0v) is 17.9. The van der Waals surface area contributed by atoms with Crippen molar-refractivity contribution in [2.45, 2.75) is 20.8 Å². The third kappa shape index (κ3) is 8.09. The Morgan fingerprint density at radius 1 is 1.07 bits per heavy atom. The first-order valence-electron chi connectivity index (χ1n) is 9.64. The molecule has 2 aromatic carbocycles. The predicted octanol–water partition coefficient (Wildman–Crippen LogP) is 4.26. The topological polar surface area (TPSA) is 68.8 Å². The molecule has 6 nitrogen and oxygen atoms in total. The molecule has 0 saturated carbocycles. The van der Waals surface area contributed by atoms with Crippen LogP contribution >= 0.6 is 12.2 Å². The Bertz CT molecular complexity index is 811. The molecule has 0 aromatic heterocycles. The summed E-state index contributed by atoms with van der Waals surface area (Å²) in [5, 5.41) is 5.89. The van der Waals surface area contributed by atoms with Gasteiger partial charge >= 0.3 is 0 Å². The highest BCUT2D eigenvalue weighted by Crippen LogP contribution is 2.19. The summed E-state index contributed by atoms with van der Waals surface area (Å²) in [4.78, 5) is 12.6. The number of para-hydroxylation sites is 1. The number of benzene rings is 2. The molecule has 0 spiro atoms. The molecule has 0 unspecified atom stereocenters. The summed E-state index contributed by atoms with van der Waals surface area (Å²) in [6, 6.07) is 14.5. The molecule has 0 aliphatic rings. The Morgan fingerprint density at radius 3 is 2.62 bits per heavy atom. The van der Waals surface area contributed by atoms with E-state index >= 15 is 0 Å². The Morgan fingerprint density at radius 2 is 1.86 bits per heavy atom. The van der Waals surface area contributed by atoms with Crippen LogP contribution in [-0.4, -0.2) is 37.4 Å². The summed E-state index contributed by atoms with van der Waals surface area (Å²) in [5.41, 5.74) is 1.14. The van der Waals surface area contributed by atoms with E-state index in [1.54, 1.807) is 18.2 Å². The summed E-state index contributed by atoms with van der Waals surface area (Å²) in [6.45, 7) is 8.17. The quantitative estimate of drug-likeness (QED) is 0.445. The first-order chi connectivity index (χ1) is 14.0. The van der Waals surface area contributed by atoms with E-state index in [4.69, 9.17) is 26.4 Å². The number of thiocarbonyl (C=S) groups is 1. The molecule has 7 heteroatoms. The van der Waals surface area contributed by atoms with Gasteiger partial charge in [-0.2, -0.15) is 0 Å². The number of ether oxygens (including phenoxy) is 3. The standard InChI is InChI=1S/C22H28N2O4S/c1-4-26-12-13-27-20-11-6-5-10-19(20)21(25)24-22(29)23-17-8-7-9-18(14-17)28-15-16(2)3/h5-11,14,16H,4,12-13,15H2,1-3H3,(H2,23,24,25,29). The lowest BCUT2D eigenvalue weighted by molar-refractivity contribution is 0.0958. The van der Waals surface area contributed by atoms with Crippen LogP contribution in [0.25, 0.3) is 0 Å². The van der Waals surface area contributed by atoms with Crippen LogP contribution < -0.4 is 20.1 Å². The van der Waals surface area contributed by atoms with Gasteiger partial charge in [0.1, 0.15) is 18.1 Å². The average Bonchev–Trinajstić information content (AvgIpc) is 2.70. The fourth-order valence-electron chi connectivity index (χ4n) is 2.39. The van der Waals surface area contributed by atoms with Gasteiger partial charge in [0.25, 0.3) is 5.91 Å². The number of carbonyl (C=O) groups is 1.